The van der Waals surface area contributed by atoms with Crippen LogP contribution >= 0.6 is 0 Å². The molecule has 0 amide bonds. The van der Waals surface area contributed by atoms with E-state index in [0.29, 0.717) is 23.5 Å². The van der Waals surface area contributed by atoms with E-state index in [0.717, 1.165) is 22.1 Å². The highest BCUT2D eigenvalue weighted by atomic mass is 32.2. The summed E-state index contributed by atoms with van der Waals surface area (Å²) in [4.78, 5) is 22.0. The molecule has 0 spiro atoms. The van der Waals surface area contributed by atoms with E-state index in [2.05, 4.69) is 9.97 Å². The lowest BCUT2D eigenvalue weighted by molar-refractivity contribution is 0.481. The zero-order valence-corrected chi connectivity index (χ0v) is 16.4. The van der Waals surface area contributed by atoms with Crippen LogP contribution in [0.1, 0.15) is 6.42 Å². The molecule has 150 valence electrons. The lowest BCUT2D eigenvalue weighted by Gasteiger charge is -2.19. The summed E-state index contributed by atoms with van der Waals surface area (Å²) in [5.74, 6) is 0.147. The summed E-state index contributed by atoms with van der Waals surface area (Å²) in [6.45, 7) is 0.423. The first-order valence-electron chi connectivity index (χ1n) is 8.99. The molecule has 2 aromatic heterocycles. The number of H-pyrrole nitrogens is 1. The van der Waals surface area contributed by atoms with Gasteiger partial charge in [-0.3, -0.25) is 4.55 Å². The van der Waals surface area contributed by atoms with Gasteiger partial charge in [0.1, 0.15) is 17.0 Å². The molecule has 2 heterocycles. The number of para-hydroxylation sites is 2. The number of nitrogens with zero attached hydrogens (tertiary/aromatic N) is 2. The van der Waals surface area contributed by atoms with E-state index in [1.165, 1.54) is 0 Å². The Balaban J connectivity index is 1.63. The van der Waals surface area contributed by atoms with Gasteiger partial charge in [0, 0.05) is 30.7 Å². The van der Waals surface area contributed by atoms with Crippen LogP contribution in [0.5, 0.6) is 0 Å². The number of rotatable bonds is 6. The molecule has 0 radical (unpaired) electrons. The quantitative estimate of drug-likeness (QED) is 0.368. The lowest BCUT2D eigenvalue weighted by atomic mass is 10.1. The van der Waals surface area contributed by atoms with Crippen molar-refractivity contribution < 1.29 is 17.4 Å². The molecule has 0 aliphatic heterocycles. The zero-order chi connectivity index (χ0) is 20.6. The number of hydrogen-bond acceptors (Lipinski definition) is 6. The van der Waals surface area contributed by atoms with Crippen LogP contribution in [0.25, 0.3) is 33.4 Å². The van der Waals surface area contributed by atoms with E-state index < -0.39 is 15.7 Å². The molecule has 2 aromatic carbocycles. The number of imidazole rings is 1. The van der Waals surface area contributed by atoms with Crippen molar-refractivity contribution in [2.24, 2.45) is 0 Å². The zero-order valence-electron chi connectivity index (χ0n) is 15.6. The van der Waals surface area contributed by atoms with E-state index in [9.17, 15) is 13.2 Å². The summed E-state index contributed by atoms with van der Waals surface area (Å²) in [6, 6.07) is 14.7. The Morgan fingerprint density at radius 3 is 2.72 bits per heavy atom. The van der Waals surface area contributed by atoms with E-state index in [-0.39, 0.29) is 12.2 Å². The third-order valence-electron chi connectivity index (χ3n) is 4.70. The fourth-order valence-corrected chi connectivity index (χ4v) is 3.69. The molecule has 4 aromatic rings. The second kappa shape index (κ2) is 7.34. The first-order chi connectivity index (χ1) is 13.8. The van der Waals surface area contributed by atoms with Crippen molar-refractivity contribution in [1.82, 2.24) is 9.97 Å². The largest absolute Gasteiger partial charge is 0.422 e. The molecule has 0 saturated carbocycles. The maximum atomic E-state index is 12.5. The third kappa shape index (κ3) is 4.15. The van der Waals surface area contributed by atoms with Crippen LogP contribution in [0.4, 0.5) is 5.69 Å². The van der Waals surface area contributed by atoms with Crippen molar-refractivity contribution >= 4 is 37.8 Å². The Kier molecular flexibility index (Phi) is 4.85. The molecule has 4 rings (SSSR count). The van der Waals surface area contributed by atoms with Crippen LogP contribution in [0.15, 0.2) is 57.7 Å². The highest BCUT2D eigenvalue weighted by molar-refractivity contribution is 7.85. The molecule has 8 nitrogen and oxygen atoms in total. The van der Waals surface area contributed by atoms with Gasteiger partial charge in [0.25, 0.3) is 10.1 Å². The molecular formula is C20H19N3O5S. The predicted molar refractivity (Wildman–Crippen MR) is 112 cm³/mol. The smallest absolute Gasteiger partial charge is 0.347 e. The minimum atomic E-state index is -3.98. The monoisotopic (exact) mass is 413 g/mol. The van der Waals surface area contributed by atoms with E-state index >= 15 is 0 Å². The molecule has 0 fully saturated rings. The first-order valence-corrected chi connectivity index (χ1v) is 10.6. The Hall–Kier alpha value is -3.17. The van der Waals surface area contributed by atoms with Gasteiger partial charge in [0.2, 0.25) is 0 Å². The van der Waals surface area contributed by atoms with Gasteiger partial charge in [-0.2, -0.15) is 8.42 Å². The van der Waals surface area contributed by atoms with E-state index in [1.54, 1.807) is 19.2 Å². The van der Waals surface area contributed by atoms with Gasteiger partial charge in [-0.15, -0.1) is 0 Å². The average molecular weight is 413 g/mol. The Morgan fingerprint density at radius 1 is 1.17 bits per heavy atom. The molecule has 0 aliphatic carbocycles. The van der Waals surface area contributed by atoms with Crippen LogP contribution in [0.3, 0.4) is 0 Å². The van der Waals surface area contributed by atoms with Crippen molar-refractivity contribution in [1.29, 1.82) is 0 Å². The van der Waals surface area contributed by atoms with Crippen molar-refractivity contribution in [3.63, 3.8) is 0 Å². The number of fused-ring (bicyclic) bond motifs is 2. The summed E-state index contributed by atoms with van der Waals surface area (Å²) >= 11 is 0. The van der Waals surface area contributed by atoms with E-state index in [1.807, 2.05) is 41.3 Å². The number of nitrogens with one attached hydrogen (secondary N) is 1. The number of hydrogen-bond donors (Lipinski definition) is 2. The molecular weight excluding hydrogens is 394 g/mol. The van der Waals surface area contributed by atoms with Crippen LogP contribution in [0, 0.1) is 0 Å². The third-order valence-corrected chi connectivity index (χ3v) is 5.51. The Labute approximate surface area is 166 Å². The highest BCUT2D eigenvalue weighted by Gasteiger charge is 2.13. The molecule has 29 heavy (non-hydrogen) atoms. The maximum absolute atomic E-state index is 12.5. The predicted octanol–water partition coefficient (Wildman–Crippen LogP) is 3.05. The van der Waals surface area contributed by atoms with Gasteiger partial charge in [0.05, 0.1) is 16.8 Å². The van der Waals surface area contributed by atoms with E-state index in [4.69, 9.17) is 8.97 Å². The van der Waals surface area contributed by atoms with Gasteiger partial charge in [-0.1, -0.05) is 12.1 Å². The number of aromatic nitrogens is 2. The standard InChI is InChI=1S/C20H19N3O5S/c1-23(9-4-10-29(25,26)27)14-8-7-13-11-15(20(24)28-18(13)12-14)19-21-16-5-2-3-6-17(16)22-19/h2-3,5-8,11-12H,4,9-10H2,1H3,(H,21,22)(H,25,26,27). The Morgan fingerprint density at radius 2 is 1.97 bits per heavy atom. The van der Waals surface area contributed by atoms with Gasteiger partial charge in [-0.25, -0.2) is 9.78 Å². The molecule has 0 aliphatic rings. The summed E-state index contributed by atoms with van der Waals surface area (Å²) in [6.07, 6.45) is 0.280. The van der Waals surface area contributed by atoms with Gasteiger partial charge >= 0.3 is 5.63 Å². The fraction of sp³-hybridized carbons (Fsp3) is 0.200. The number of aromatic amines is 1. The molecule has 0 bridgehead atoms. The topological polar surface area (TPSA) is 116 Å². The Bertz CT molecular complexity index is 1320. The summed E-state index contributed by atoms with van der Waals surface area (Å²) < 4.78 is 36.0. The fourth-order valence-electron chi connectivity index (χ4n) is 3.20. The molecule has 9 heteroatoms. The normalized spacial score (nSPS) is 11.9. The van der Waals surface area contributed by atoms with Gasteiger partial charge in [-0.05, 0) is 36.8 Å². The minimum absolute atomic E-state index is 0.280. The lowest BCUT2D eigenvalue weighted by Crippen LogP contribution is -2.21. The van der Waals surface area contributed by atoms with Crippen molar-refractivity contribution in [3.8, 4) is 11.4 Å². The number of benzene rings is 2. The first kappa shape index (κ1) is 19.2. The maximum Gasteiger partial charge on any atom is 0.347 e. The average Bonchev–Trinajstić information content (AvgIpc) is 3.09. The molecule has 2 N–H and O–H groups in total. The molecule has 0 saturated heterocycles. The van der Waals surface area contributed by atoms with Crippen LogP contribution < -0.4 is 10.5 Å². The van der Waals surface area contributed by atoms with Crippen molar-refractivity contribution in [2.45, 2.75) is 6.42 Å². The van der Waals surface area contributed by atoms with Crippen molar-refractivity contribution in [2.75, 3.05) is 24.2 Å². The number of anilines is 1. The second-order valence-electron chi connectivity index (χ2n) is 6.83. The highest BCUT2D eigenvalue weighted by Crippen LogP contribution is 2.25. The van der Waals surface area contributed by atoms with Crippen LogP contribution in [-0.2, 0) is 10.1 Å². The molecule has 0 unspecified atom stereocenters. The SMILES string of the molecule is CN(CCCS(=O)(=O)O)c1ccc2cc(-c3nc4ccccc4[nH]3)c(=O)oc2c1. The summed E-state index contributed by atoms with van der Waals surface area (Å²) in [5.41, 5.74) is 2.65. The van der Waals surface area contributed by atoms with Crippen molar-refractivity contribution in [3.05, 3.63) is 59.0 Å². The van der Waals surface area contributed by atoms with Gasteiger partial charge < -0.3 is 14.3 Å². The van der Waals surface area contributed by atoms with Crippen LogP contribution in [0.2, 0.25) is 0 Å². The second-order valence-corrected chi connectivity index (χ2v) is 8.41. The summed E-state index contributed by atoms with van der Waals surface area (Å²) in [7, 11) is -2.18. The summed E-state index contributed by atoms with van der Waals surface area (Å²) in [5, 5.41) is 0.746. The van der Waals surface area contributed by atoms with Crippen LogP contribution in [-0.4, -0.2) is 42.3 Å². The molecule has 0 atom stereocenters. The van der Waals surface area contributed by atoms with Gasteiger partial charge in [0.15, 0.2) is 0 Å². The minimum Gasteiger partial charge on any atom is -0.422 e.